The summed E-state index contributed by atoms with van der Waals surface area (Å²) in [5.74, 6) is -1.15. The zero-order valence-corrected chi connectivity index (χ0v) is 9.40. The van der Waals surface area contributed by atoms with Crippen molar-refractivity contribution in [2.24, 2.45) is 11.5 Å². The largest absolute Gasteiger partial charge is 0.366 e. The number of rotatable bonds is 3. The van der Waals surface area contributed by atoms with Crippen molar-refractivity contribution in [1.82, 2.24) is 9.59 Å². The Morgan fingerprint density at radius 1 is 1.18 bits per heavy atom. The predicted molar refractivity (Wildman–Crippen MR) is 62.4 cm³/mol. The maximum absolute atomic E-state index is 11.3. The molecule has 1 aromatic carbocycles. The number of benzene rings is 1. The zero-order chi connectivity index (χ0) is 12.4. The van der Waals surface area contributed by atoms with Crippen LogP contribution >= 0.6 is 11.5 Å². The van der Waals surface area contributed by atoms with Gasteiger partial charge in [-0.15, -0.1) is 5.10 Å². The van der Waals surface area contributed by atoms with Crippen molar-refractivity contribution in [2.75, 3.05) is 0 Å². The number of nitrogens with zero attached hydrogens (tertiary/aromatic N) is 2. The summed E-state index contributed by atoms with van der Waals surface area (Å²) in [5, 5.41) is 3.67. The van der Waals surface area contributed by atoms with E-state index in [1.165, 1.54) is 24.4 Å². The molecular formula is C10H8N4O2S. The first kappa shape index (κ1) is 11.2. The summed E-state index contributed by atoms with van der Waals surface area (Å²) in [5.41, 5.74) is 11.6. The summed E-state index contributed by atoms with van der Waals surface area (Å²) >= 11 is 1.11. The van der Waals surface area contributed by atoms with Gasteiger partial charge in [0.15, 0.2) is 0 Å². The number of amides is 2. The van der Waals surface area contributed by atoms with Crippen molar-refractivity contribution in [3.05, 3.63) is 35.5 Å². The molecule has 6 nitrogen and oxygen atoms in total. The average molecular weight is 248 g/mol. The van der Waals surface area contributed by atoms with E-state index in [4.69, 9.17) is 11.5 Å². The molecule has 7 heteroatoms. The molecule has 1 aromatic heterocycles. The first-order valence-electron chi connectivity index (χ1n) is 4.61. The first-order chi connectivity index (χ1) is 8.09. The van der Waals surface area contributed by atoms with E-state index < -0.39 is 11.8 Å². The van der Waals surface area contributed by atoms with E-state index in [0.29, 0.717) is 21.6 Å². The molecule has 17 heavy (non-hydrogen) atoms. The lowest BCUT2D eigenvalue weighted by atomic mass is 10.0. The van der Waals surface area contributed by atoms with Gasteiger partial charge in [0, 0.05) is 16.7 Å². The van der Waals surface area contributed by atoms with Gasteiger partial charge in [0.25, 0.3) is 0 Å². The summed E-state index contributed by atoms with van der Waals surface area (Å²) in [6.07, 6.45) is 1.50. The third-order valence-corrected chi connectivity index (χ3v) is 2.89. The van der Waals surface area contributed by atoms with Crippen LogP contribution in [0.4, 0.5) is 0 Å². The normalized spacial score (nSPS) is 10.1. The predicted octanol–water partition coefficient (Wildman–Crippen LogP) is 0.403. The second-order valence-electron chi connectivity index (χ2n) is 3.27. The molecule has 1 heterocycles. The van der Waals surface area contributed by atoms with Crippen LogP contribution in [0.25, 0.3) is 10.4 Å². The van der Waals surface area contributed by atoms with Crippen LogP contribution in [-0.4, -0.2) is 21.4 Å². The Bertz CT molecular complexity index is 580. The molecule has 0 aliphatic rings. The van der Waals surface area contributed by atoms with Gasteiger partial charge in [-0.25, -0.2) is 0 Å². The molecule has 0 spiro atoms. The van der Waals surface area contributed by atoms with E-state index in [1.54, 1.807) is 0 Å². The van der Waals surface area contributed by atoms with Gasteiger partial charge in [-0.2, -0.15) is 0 Å². The summed E-state index contributed by atoms with van der Waals surface area (Å²) in [7, 11) is 0. The Hall–Kier alpha value is -2.28. The van der Waals surface area contributed by atoms with E-state index in [0.717, 1.165) is 11.5 Å². The van der Waals surface area contributed by atoms with Gasteiger partial charge in [-0.1, -0.05) is 4.49 Å². The maximum Gasteiger partial charge on any atom is 0.249 e. The highest BCUT2D eigenvalue weighted by Gasteiger charge is 2.14. The third kappa shape index (κ3) is 2.13. The Morgan fingerprint density at radius 2 is 1.94 bits per heavy atom. The number of hydrogen-bond acceptors (Lipinski definition) is 5. The molecule has 4 N–H and O–H groups in total. The molecule has 2 amide bonds. The smallest absolute Gasteiger partial charge is 0.249 e. The maximum atomic E-state index is 11.3. The Morgan fingerprint density at radius 3 is 2.47 bits per heavy atom. The summed E-state index contributed by atoms with van der Waals surface area (Å²) in [6.45, 7) is 0. The molecule has 0 aliphatic carbocycles. The van der Waals surface area contributed by atoms with Gasteiger partial charge in [0.05, 0.1) is 11.1 Å². The first-order valence-corrected chi connectivity index (χ1v) is 5.38. The number of primary amides is 2. The monoisotopic (exact) mass is 248 g/mol. The molecule has 0 saturated carbocycles. The van der Waals surface area contributed by atoms with Crippen LogP contribution in [0.2, 0.25) is 0 Å². The van der Waals surface area contributed by atoms with Crippen LogP contribution in [0.15, 0.2) is 24.4 Å². The second-order valence-corrected chi connectivity index (χ2v) is 4.06. The Balaban J connectivity index is 2.64. The molecule has 0 fully saturated rings. The van der Waals surface area contributed by atoms with Crippen molar-refractivity contribution >= 4 is 23.3 Å². The van der Waals surface area contributed by atoms with E-state index in [1.807, 2.05) is 0 Å². The van der Waals surface area contributed by atoms with Crippen molar-refractivity contribution < 1.29 is 9.59 Å². The van der Waals surface area contributed by atoms with Gasteiger partial charge < -0.3 is 11.5 Å². The molecule has 0 bridgehead atoms. The third-order valence-electron chi connectivity index (χ3n) is 2.20. The lowest BCUT2D eigenvalue weighted by molar-refractivity contribution is 0.0989. The van der Waals surface area contributed by atoms with Crippen molar-refractivity contribution in [1.29, 1.82) is 0 Å². The van der Waals surface area contributed by atoms with E-state index in [9.17, 15) is 9.59 Å². The van der Waals surface area contributed by atoms with Crippen molar-refractivity contribution in [2.45, 2.75) is 0 Å². The van der Waals surface area contributed by atoms with Gasteiger partial charge in [0.2, 0.25) is 11.8 Å². The van der Waals surface area contributed by atoms with Crippen LogP contribution in [-0.2, 0) is 0 Å². The van der Waals surface area contributed by atoms with Crippen molar-refractivity contribution in [3.8, 4) is 10.4 Å². The van der Waals surface area contributed by atoms with Crippen LogP contribution in [0, 0.1) is 0 Å². The topological polar surface area (TPSA) is 112 Å². The minimum atomic E-state index is -0.579. The number of aromatic nitrogens is 2. The number of nitrogens with two attached hydrogens (primary N) is 2. The molecule has 86 valence electrons. The average Bonchev–Trinajstić information content (AvgIpc) is 2.81. The summed E-state index contributed by atoms with van der Waals surface area (Å²) in [6, 6.07) is 4.44. The Kier molecular flexibility index (Phi) is 2.84. The molecule has 0 radical (unpaired) electrons. The second kappa shape index (κ2) is 4.30. The fraction of sp³-hybridized carbons (Fsp3) is 0. The summed E-state index contributed by atoms with van der Waals surface area (Å²) < 4.78 is 3.70. The minimum absolute atomic E-state index is 0.304. The SMILES string of the molecule is NC(=O)c1ccc(C(N)=O)c(-c2cnns2)c1. The highest BCUT2D eigenvalue weighted by molar-refractivity contribution is 7.09. The molecule has 0 unspecified atom stereocenters. The van der Waals surface area contributed by atoms with Gasteiger partial charge in [-0.05, 0) is 29.7 Å². The fourth-order valence-corrected chi connectivity index (χ4v) is 1.95. The van der Waals surface area contributed by atoms with Crippen LogP contribution < -0.4 is 11.5 Å². The van der Waals surface area contributed by atoms with Gasteiger partial charge in [-0.3, -0.25) is 9.59 Å². The van der Waals surface area contributed by atoms with E-state index in [-0.39, 0.29) is 0 Å². The molecule has 0 atom stereocenters. The lowest BCUT2D eigenvalue weighted by Gasteiger charge is -2.05. The van der Waals surface area contributed by atoms with E-state index in [2.05, 4.69) is 9.59 Å². The van der Waals surface area contributed by atoms with Gasteiger partial charge >= 0.3 is 0 Å². The highest BCUT2D eigenvalue weighted by Crippen LogP contribution is 2.26. The number of carbonyl (C=O) groups excluding carboxylic acids is 2. The standard InChI is InChI=1S/C10H8N4O2S/c11-9(15)5-1-2-6(10(12)16)7(3-5)8-4-13-14-17-8/h1-4H,(H2,11,15)(H2,12,16). The molecule has 2 aromatic rings. The van der Waals surface area contributed by atoms with Crippen LogP contribution in [0.3, 0.4) is 0 Å². The minimum Gasteiger partial charge on any atom is -0.366 e. The number of hydrogen-bond donors (Lipinski definition) is 2. The zero-order valence-electron chi connectivity index (χ0n) is 8.58. The molecule has 0 aliphatic heterocycles. The molecule has 0 saturated heterocycles. The van der Waals surface area contributed by atoms with Gasteiger partial charge in [0.1, 0.15) is 0 Å². The Labute approximate surface area is 100 Å². The molecule has 2 rings (SSSR count). The van der Waals surface area contributed by atoms with E-state index >= 15 is 0 Å². The quantitative estimate of drug-likeness (QED) is 0.818. The highest BCUT2D eigenvalue weighted by atomic mass is 32.1. The molecular weight excluding hydrogens is 240 g/mol. The van der Waals surface area contributed by atoms with Crippen LogP contribution in [0.1, 0.15) is 20.7 Å². The fourth-order valence-electron chi connectivity index (χ4n) is 1.40. The lowest BCUT2D eigenvalue weighted by Crippen LogP contribution is -2.15. The van der Waals surface area contributed by atoms with Crippen molar-refractivity contribution in [3.63, 3.8) is 0 Å². The van der Waals surface area contributed by atoms with Crippen LogP contribution in [0.5, 0.6) is 0 Å². The summed E-state index contributed by atoms with van der Waals surface area (Å²) in [4.78, 5) is 23.0. The number of carbonyl (C=O) groups is 2.